The molecule has 0 amide bonds. The molecule has 1 unspecified atom stereocenters. The van der Waals surface area contributed by atoms with Crippen molar-refractivity contribution in [2.24, 2.45) is 0 Å². The second kappa shape index (κ2) is 10.1. The van der Waals surface area contributed by atoms with E-state index in [4.69, 9.17) is 28.7 Å². The molecule has 8 rings (SSSR count). The first-order valence-corrected chi connectivity index (χ1v) is 14.0. The molecule has 0 fully saturated rings. The summed E-state index contributed by atoms with van der Waals surface area (Å²) in [6.07, 6.45) is 1.57. The van der Waals surface area contributed by atoms with Gasteiger partial charge in [-0.15, -0.1) is 5.10 Å². The van der Waals surface area contributed by atoms with Gasteiger partial charge in [-0.2, -0.15) is 0 Å². The van der Waals surface area contributed by atoms with Crippen LogP contribution in [0, 0.1) is 0 Å². The Bertz CT molecular complexity index is 2260. The van der Waals surface area contributed by atoms with Gasteiger partial charge in [0.1, 0.15) is 23.4 Å². The predicted molar refractivity (Wildman–Crippen MR) is 165 cm³/mol. The van der Waals surface area contributed by atoms with Crippen LogP contribution < -0.4 is 19.8 Å². The molecule has 0 N–H and O–H groups in total. The number of hydrogen-bond acceptors (Lipinski definition) is 8. The van der Waals surface area contributed by atoms with Crippen molar-refractivity contribution in [1.82, 2.24) is 19.6 Å². The molecule has 0 saturated heterocycles. The van der Waals surface area contributed by atoms with Gasteiger partial charge in [0.25, 0.3) is 0 Å². The summed E-state index contributed by atoms with van der Waals surface area (Å²) in [6, 6.07) is 31.0. The van der Waals surface area contributed by atoms with Gasteiger partial charge in [0.05, 0.1) is 36.7 Å². The Hall–Kier alpha value is -5.96. The third-order valence-electron chi connectivity index (χ3n) is 7.96. The minimum Gasteiger partial charge on any atom is -0.497 e. The normalized spacial score (nSPS) is 13.7. The Morgan fingerprint density at radius 2 is 1.55 bits per heavy atom. The van der Waals surface area contributed by atoms with Crippen molar-refractivity contribution < 1.29 is 18.6 Å². The molecule has 0 radical (unpaired) electrons. The van der Waals surface area contributed by atoms with E-state index in [0.717, 1.165) is 16.7 Å². The zero-order valence-electron chi connectivity index (χ0n) is 23.7. The number of para-hydroxylation sites is 1. The molecule has 7 aromatic rings. The van der Waals surface area contributed by atoms with Crippen LogP contribution in [-0.2, 0) is 0 Å². The third kappa shape index (κ3) is 4.01. The molecule has 44 heavy (non-hydrogen) atoms. The van der Waals surface area contributed by atoms with Crippen molar-refractivity contribution in [1.29, 1.82) is 0 Å². The second-order valence-electron chi connectivity index (χ2n) is 10.4. The summed E-state index contributed by atoms with van der Waals surface area (Å²) in [7, 11) is 3.17. The quantitative estimate of drug-likeness (QED) is 0.203. The van der Waals surface area contributed by atoms with E-state index in [1.54, 1.807) is 37.2 Å². The number of nitrogens with zero attached hydrogens (tertiary/aromatic N) is 4. The molecule has 1 aliphatic rings. The van der Waals surface area contributed by atoms with Crippen LogP contribution in [0.15, 0.2) is 113 Å². The number of methoxy groups -OCH3 is 2. The third-order valence-corrected chi connectivity index (χ3v) is 7.96. The van der Waals surface area contributed by atoms with Gasteiger partial charge in [-0.3, -0.25) is 0 Å². The van der Waals surface area contributed by atoms with Crippen LogP contribution in [0.5, 0.6) is 23.1 Å². The molecule has 9 heteroatoms. The lowest BCUT2D eigenvalue weighted by Gasteiger charge is -2.28. The van der Waals surface area contributed by atoms with Crippen LogP contribution in [0.2, 0.25) is 0 Å². The lowest BCUT2D eigenvalue weighted by molar-refractivity contribution is 0.387. The monoisotopic (exact) mass is 580 g/mol. The molecule has 3 aromatic heterocycles. The highest BCUT2D eigenvalue weighted by atomic mass is 16.5. The summed E-state index contributed by atoms with van der Waals surface area (Å²) < 4.78 is 25.1. The molecular formula is C35H24N4O5. The molecular weight excluding hydrogens is 556 g/mol. The van der Waals surface area contributed by atoms with E-state index in [1.165, 1.54) is 0 Å². The summed E-state index contributed by atoms with van der Waals surface area (Å²) >= 11 is 0. The van der Waals surface area contributed by atoms with Crippen molar-refractivity contribution >= 4 is 16.6 Å². The first kappa shape index (κ1) is 25.7. The van der Waals surface area contributed by atoms with Crippen LogP contribution >= 0.6 is 0 Å². The predicted octanol–water partition coefficient (Wildman–Crippen LogP) is 6.87. The SMILES string of the molecule is COc1ccc(C2c3c(c4ccccc4oc3=O)Oc3ncn4nc(-c5ccc(-c6ccccc6)cc5)nc4c32)c(OC)c1. The second-order valence-corrected chi connectivity index (χ2v) is 10.4. The highest BCUT2D eigenvalue weighted by Gasteiger charge is 2.39. The minimum absolute atomic E-state index is 0.321. The van der Waals surface area contributed by atoms with E-state index in [2.05, 4.69) is 17.1 Å². The maximum Gasteiger partial charge on any atom is 0.344 e. The first-order valence-electron chi connectivity index (χ1n) is 14.0. The van der Waals surface area contributed by atoms with Crippen LogP contribution in [-0.4, -0.2) is 33.8 Å². The van der Waals surface area contributed by atoms with Crippen LogP contribution in [0.3, 0.4) is 0 Å². The topological polar surface area (TPSA) is 101 Å². The fourth-order valence-electron chi connectivity index (χ4n) is 5.86. The maximum atomic E-state index is 13.7. The highest BCUT2D eigenvalue weighted by molar-refractivity contribution is 5.87. The molecule has 0 bridgehead atoms. The summed E-state index contributed by atoms with van der Waals surface area (Å²) in [5, 5.41) is 5.41. The van der Waals surface area contributed by atoms with Gasteiger partial charge < -0.3 is 18.6 Å². The van der Waals surface area contributed by atoms with E-state index >= 15 is 0 Å². The zero-order valence-corrected chi connectivity index (χ0v) is 23.7. The van der Waals surface area contributed by atoms with Gasteiger partial charge in [0, 0.05) is 17.2 Å². The van der Waals surface area contributed by atoms with E-state index < -0.39 is 11.5 Å². The average molecular weight is 581 g/mol. The summed E-state index contributed by atoms with van der Waals surface area (Å²) in [4.78, 5) is 23.3. The number of ether oxygens (including phenoxy) is 3. The number of benzene rings is 4. The fraction of sp³-hybridized carbons (Fsp3) is 0.0857. The lowest BCUT2D eigenvalue weighted by Crippen LogP contribution is -2.22. The molecule has 0 aliphatic carbocycles. The Morgan fingerprint density at radius 1 is 0.795 bits per heavy atom. The number of fused-ring (bicyclic) bond motifs is 6. The van der Waals surface area contributed by atoms with Crippen molar-refractivity contribution in [3.05, 3.63) is 130 Å². The van der Waals surface area contributed by atoms with E-state index in [-0.39, 0.29) is 0 Å². The molecule has 214 valence electrons. The minimum atomic E-state index is -0.691. The van der Waals surface area contributed by atoms with Crippen LogP contribution in [0.25, 0.3) is 39.1 Å². The van der Waals surface area contributed by atoms with E-state index in [1.807, 2.05) is 72.8 Å². The van der Waals surface area contributed by atoms with Gasteiger partial charge in [-0.05, 0) is 29.3 Å². The molecule has 4 heterocycles. The largest absolute Gasteiger partial charge is 0.497 e. The van der Waals surface area contributed by atoms with Gasteiger partial charge in [0.2, 0.25) is 5.88 Å². The van der Waals surface area contributed by atoms with Crippen molar-refractivity contribution in [2.45, 2.75) is 5.92 Å². The van der Waals surface area contributed by atoms with Crippen LogP contribution in [0.1, 0.15) is 22.6 Å². The average Bonchev–Trinajstić information content (AvgIpc) is 3.52. The van der Waals surface area contributed by atoms with Gasteiger partial charge in [0.15, 0.2) is 17.2 Å². The Balaban J connectivity index is 1.35. The highest BCUT2D eigenvalue weighted by Crippen LogP contribution is 2.51. The van der Waals surface area contributed by atoms with Crippen molar-refractivity contribution in [3.63, 3.8) is 0 Å². The number of hydrogen-bond donors (Lipinski definition) is 0. The number of aromatic nitrogens is 4. The van der Waals surface area contributed by atoms with Crippen molar-refractivity contribution in [2.75, 3.05) is 14.2 Å². The standard InChI is InChI=1S/C35H24N4O5/c1-41-23-16-17-24(27(18-23)42-2)28-29-31(25-10-6-7-11-26(25)43-35(29)40)44-34-30(28)33-37-32(38-39(33)19-36-34)22-14-12-21(13-15-22)20-8-4-3-5-9-20/h3-19,28H,1-2H3. The fourth-order valence-corrected chi connectivity index (χ4v) is 5.86. The molecule has 0 spiro atoms. The summed E-state index contributed by atoms with van der Waals surface area (Å²) in [5.41, 5.74) is 5.05. The Morgan fingerprint density at radius 3 is 2.34 bits per heavy atom. The summed E-state index contributed by atoms with van der Waals surface area (Å²) in [6.45, 7) is 0. The molecule has 0 saturated carbocycles. The molecule has 1 atom stereocenters. The van der Waals surface area contributed by atoms with Gasteiger partial charge in [-0.25, -0.2) is 19.3 Å². The molecule has 1 aliphatic heterocycles. The van der Waals surface area contributed by atoms with Crippen LogP contribution in [0.4, 0.5) is 0 Å². The summed E-state index contributed by atoms with van der Waals surface area (Å²) in [5.74, 6) is 1.67. The van der Waals surface area contributed by atoms with Gasteiger partial charge in [-0.1, -0.05) is 72.8 Å². The van der Waals surface area contributed by atoms with E-state index in [0.29, 0.717) is 62.3 Å². The lowest BCUT2D eigenvalue weighted by atomic mass is 9.83. The Kier molecular flexibility index (Phi) is 5.90. The van der Waals surface area contributed by atoms with Crippen molar-refractivity contribution in [3.8, 4) is 45.6 Å². The maximum absolute atomic E-state index is 13.7. The Labute approximate surface area is 250 Å². The zero-order chi connectivity index (χ0) is 29.8. The first-order chi connectivity index (χ1) is 21.6. The molecule has 4 aromatic carbocycles. The van der Waals surface area contributed by atoms with E-state index in [9.17, 15) is 4.79 Å². The van der Waals surface area contributed by atoms with Gasteiger partial charge >= 0.3 is 5.63 Å². The number of rotatable bonds is 5. The smallest absolute Gasteiger partial charge is 0.344 e. The molecule has 9 nitrogen and oxygen atoms in total.